The van der Waals surface area contributed by atoms with E-state index in [0.29, 0.717) is 22.1 Å². The number of alkyl halides is 3. The molecule has 204 valence electrons. The Morgan fingerprint density at radius 2 is 1.79 bits per heavy atom. The number of amides is 2. The molecule has 0 saturated carbocycles. The Balaban J connectivity index is 0.000000638. The summed E-state index contributed by atoms with van der Waals surface area (Å²) in [6.45, 7) is 1.57. The van der Waals surface area contributed by atoms with Crippen molar-refractivity contribution in [1.29, 1.82) is 0 Å². The van der Waals surface area contributed by atoms with Crippen LogP contribution in [0, 0.1) is 5.92 Å². The number of methoxy groups -OCH3 is 1. The van der Waals surface area contributed by atoms with Crippen molar-refractivity contribution in [3.63, 3.8) is 0 Å². The highest BCUT2D eigenvalue weighted by Gasteiger charge is 2.38. The number of pyridine rings is 1. The van der Waals surface area contributed by atoms with Crippen molar-refractivity contribution in [2.45, 2.75) is 19.0 Å². The molecule has 2 aromatic rings. The average Bonchev–Trinajstić information content (AvgIpc) is 2.89. The normalized spacial score (nSPS) is 13.7. The molecular formula is C24H24ClF3N4O6. The fraction of sp³-hybridized carbons (Fsp3) is 0.292. The molecule has 1 aliphatic rings. The summed E-state index contributed by atoms with van der Waals surface area (Å²) >= 11 is 5.84. The number of esters is 1. The number of piperidine rings is 1. The number of carboxylic acids is 1. The summed E-state index contributed by atoms with van der Waals surface area (Å²) in [7, 11) is 1.28. The molecule has 0 bridgehead atoms. The smallest absolute Gasteiger partial charge is 0.475 e. The van der Waals surface area contributed by atoms with Crippen LogP contribution in [-0.2, 0) is 19.1 Å². The lowest BCUT2D eigenvalue weighted by atomic mass is 9.97. The van der Waals surface area contributed by atoms with E-state index in [9.17, 15) is 27.6 Å². The van der Waals surface area contributed by atoms with Crippen LogP contribution in [0.2, 0.25) is 5.02 Å². The summed E-state index contributed by atoms with van der Waals surface area (Å²) in [6, 6.07) is 8.12. The molecule has 2 amide bonds. The molecule has 2 heterocycles. The van der Waals surface area contributed by atoms with Crippen LogP contribution < -0.4 is 16.0 Å². The maximum atomic E-state index is 13.0. The fourth-order valence-corrected chi connectivity index (χ4v) is 3.26. The van der Waals surface area contributed by atoms with Crippen molar-refractivity contribution >= 4 is 52.9 Å². The van der Waals surface area contributed by atoms with Gasteiger partial charge in [-0.3, -0.25) is 9.59 Å². The van der Waals surface area contributed by atoms with E-state index in [2.05, 4.69) is 25.7 Å². The lowest BCUT2D eigenvalue weighted by Gasteiger charge is -2.22. The summed E-state index contributed by atoms with van der Waals surface area (Å²) in [6.07, 6.45) is 0.600. The van der Waals surface area contributed by atoms with E-state index in [1.807, 2.05) is 0 Å². The molecule has 1 aliphatic heterocycles. The second kappa shape index (κ2) is 14.1. The average molecular weight is 557 g/mol. The summed E-state index contributed by atoms with van der Waals surface area (Å²) < 4.78 is 36.3. The summed E-state index contributed by atoms with van der Waals surface area (Å²) in [5, 5.41) is 16.4. The van der Waals surface area contributed by atoms with Crippen molar-refractivity contribution in [2.75, 3.05) is 30.8 Å². The monoisotopic (exact) mass is 556 g/mol. The number of benzene rings is 1. The first kappa shape index (κ1) is 30.3. The van der Waals surface area contributed by atoms with Gasteiger partial charge in [0.05, 0.1) is 23.4 Å². The van der Waals surface area contributed by atoms with Crippen LogP contribution in [-0.4, -0.2) is 60.2 Å². The Kier molecular flexibility index (Phi) is 11.2. The molecular weight excluding hydrogens is 533 g/mol. The maximum absolute atomic E-state index is 13.0. The fourth-order valence-electron chi connectivity index (χ4n) is 3.15. The predicted molar refractivity (Wildman–Crippen MR) is 133 cm³/mol. The number of anilines is 2. The van der Waals surface area contributed by atoms with Gasteiger partial charge >= 0.3 is 18.1 Å². The van der Waals surface area contributed by atoms with Gasteiger partial charge in [-0.05, 0) is 61.8 Å². The van der Waals surface area contributed by atoms with E-state index in [0.717, 1.165) is 25.9 Å². The van der Waals surface area contributed by atoms with Crippen LogP contribution in [0.15, 0.2) is 42.6 Å². The lowest BCUT2D eigenvalue weighted by Crippen LogP contribution is -2.35. The molecule has 1 aromatic carbocycles. The number of carbonyl (C=O) groups is 4. The standard InChI is InChI=1S/C22H23ClN4O4.C2HF3O2/c1-31-20(28)7-3-14-2-5-18(26-21(29)15-8-10-24-11-9-15)17(12-14)22(30)27-19-6-4-16(23)13-25-19;3-2(4,5)1(6)7/h2-7,12-13,15,24H,8-11H2,1H3,(H,26,29)(H,25,27,30);(H,6,7)/b7-3+;. The molecule has 0 unspecified atom stereocenters. The Bertz CT molecular complexity index is 1180. The zero-order valence-electron chi connectivity index (χ0n) is 20.0. The van der Waals surface area contributed by atoms with Gasteiger partial charge in [-0.25, -0.2) is 14.6 Å². The first-order chi connectivity index (χ1) is 17.9. The summed E-state index contributed by atoms with van der Waals surface area (Å²) in [4.78, 5) is 50.0. The van der Waals surface area contributed by atoms with E-state index in [4.69, 9.17) is 21.5 Å². The number of carbonyl (C=O) groups excluding carboxylic acids is 3. The first-order valence-corrected chi connectivity index (χ1v) is 11.4. The van der Waals surface area contributed by atoms with Gasteiger partial charge in [-0.2, -0.15) is 13.2 Å². The maximum Gasteiger partial charge on any atom is 0.490 e. The van der Waals surface area contributed by atoms with Crippen molar-refractivity contribution in [2.24, 2.45) is 5.92 Å². The number of halogens is 4. The highest BCUT2D eigenvalue weighted by Crippen LogP contribution is 2.23. The Morgan fingerprint density at radius 3 is 2.34 bits per heavy atom. The van der Waals surface area contributed by atoms with Crippen molar-refractivity contribution < 1.29 is 42.2 Å². The van der Waals surface area contributed by atoms with Crippen LogP contribution >= 0.6 is 11.6 Å². The number of hydrogen-bond acceptors (Lipinski definition) is 7. The van der Waals surface area contributed by atoms with Gasteiger partial charge in [0.2, 0.25) is 5.91 Å². The van der Waals surface area contributed by atoms with Gasteiger partial charge in [-0.15, -0.1) is 0 Å². The quantitative estimate of drug-likeness (QED) is 0.311. The molecule has 1 saturated heterocycles. The molecule has 3 rings (SSSR count). The minimum atomic E-state index is -5.08. The summed E-state index contributed by atoms with van der Waals surface area (Å²) in [5.41, 5.74) is 1.22. The van der Waals surface area contributed by atoms with E-state index in [1.165, 1.54) is 25.5 Å². The molecule has 0 aliphatic carbocycles. The van der Waals surface area contributed by atoms with Gasteiger partial charge < -0.3 is 25.8 Å². The van der Waals surface area contributed by atoms with E-state index in [1.54, 1.807) is 30.3 Å². The van der Waals surface area contributed by atoms with E-state index >= 15 is 0 Å². The molecule has 4 N–H and O–H groups in total. The number of hydrogen-bond donors (Lipinski definition) is 4. The largest absolute Gasteiger partial charge is 0.490 e. The van der Waals surface area contributed by atoms with Crippen LogP contribution in [0.5, 0.6) is 0 Å². The van der Waals surface area contributed by atoms with Crippen LogP contribution in [0.3, 0.4) is 0 Å². The van der Waals surface area contributed by atoms with Crippen molar-refractivity contribution in [1.82, 2.24) is 10.3 Å². The topological polar surface area (TPSA) is 147 Å². The molecule has 0 atom stereocenters. The Morgan fingerprint density at radius 1 is 1.13 bits per heavy atom. The lowest BCUT2D eigenvalue weighted by molar-refractivity contribution is -0.192. The molecule has 1 fully saturated rings. The molecule has 38 heavy (non-hydrogen) atoms. The second-order valence-corrected chi connectivity index (χ2v) is 8.23. The zero-order chi connectivity index (χ0) is 28.3. The highest BCUT2D eigenvalue weighted by atomic mass is 35.5. The van der Waals surface area contributed by atoms with Gasteiger partial charge in [0.1, 0.15) is 5.82 Å². The van der Waals surface area contributed by atoms with Gasteiger partial charge in [0, 0.05) is 18.2 Å². The minimum absolute atomic E-state index is 0.117. The Labute approximate surface area is 220 Å². The number of rotatable bonds is 6. The number of ether oxygens (including phenoxy) is 1. The van der Waals surface area contributed by atoms with Gasteiger partial charge in [0.25, 0.3) is 5.91 Å². The third kappa shape index (κ3) is 9.82. The SMILES string of the molecule is COC(=O)/C=C/c1ccc(NC(=O)C2CCNCC2)c(C(=O)Nc2ccc(Cl)cn2)c1.O=C(O)C(F)(F)F. The highest BCUT2D eigenvalue weighted by molar-refractivity contribution is 6.30. The number of aliphatic carboxylic acids is 1. The first-order valence-electron chi connectivity index (χ1n) is 11.1. The van der Waals surface area contributed by atoms with Crippen molar-refractivity contribution in [3.8, 4) is 0 Å². The molecule has 10 nitrogen and oxygen atoms in total. The molecule has 0 radical (unpaired) electrons. The number of nitrogens with zero attached hydrogens (tertiary/aromatic N) is 1. The predicted octanol–water partition coefficient (Wildman–Crippen LogP) is 3.74. The van der Waals surface area contributed by atoms with E-state index < -0.39 is 24.0 Å². The third-order valence-corrected chi connectivity index (χ3v) is 5.30. The zero-order valence-corrected chi connectivity index (χ0v) is 20.7. The summed E-state index contributed by atoms with van der Waals surface area (Å²) in [5.74, 6) is -3.65. The van der Waals surface area contributed by atoms with Gasteiger partial charge in [0.15, 0.2) is 0 Å². The third-order valence-electron chi connectivity index (χ3n) is 5.08. The molecule has 14 heteroatoms. The van der Waals surface area contributed by atoms with Crippen LogP contribution in [0.1, 0.15) is 28.8 Å². The minimum Gasteiger partial charge on any atom is -0.475 e. The second-order valence-electron chi connectivity index (χ2n) is 7.79. The Hall–Kier alpha value is -3.97. The number of aromatic nitrogens is 1. The molecule has 0 spiro atoms. The number of carboxylic acid groups (broad SMARTS) is 1. The van der Waals surface area contributed by atoms with E-state index in [-0.39, 0.29) is 17.4 Å². The van der Waals surface area contributed by atoms with Crippen LogP contribution in [0.4, 0.5) is 24.7 Å². The molecule has 1 aromatic heterocycles. The van der Waals surface area contributed by atoms with Gasteiger partial charge in [-0.1, -0.05) is 17.7 Å². The number of nitrogens with one attached hydrogen (secondary N) is 3. The van der Waals surface area contributed by atoms with Crippen LogP contribution in [0.25, 0.3) is 6.08 Å². The van der Waals surface area contributed by atoms with Crippen molar-refractivity contribution in [3.05, 3.63) is 58.8 Å².